The predicted molar refractivity (Wildman–Crippen MR) is 69.8 cm³/mol. The molecule has 1 unspecified atom stereocenters. The van der Waals surface area contributed by atoms with Gasteiger partial charge in [-0.1, -0.05) is 6.07 Å². The summed E-state index contributed by atoms with van der Waals surface area (Å²) < 4.78 is 5.81. The lowest BCUT2D eigenvalue weighted by Crippen LogP contribution is -2.49. The molecule has 6 nitrogen and oxygen atoms in total. The Kier molecular flexibility index (Phi) is 4.49. The van der Waals surface area contributed by atoms with Crippen LogP contribution in [0.5, 0.6) is 0 Å². The van der Waals surface area contributed by atoms with Crippen molar-refractivity contribution in [1.82, 2.24) is 9.88 Å². The second-order valence-electron chi connectivity index (χ2n) is 4.17. The van der Waals surface area contributed by atoms with Gasteiger partial charge in [0.25, 0.3) is 5.91 Å². The molecular weight excluding hydrogens is 316 g/mol. The van der Waals surface area contributed by atoms with Gasteiger partial charge in [0, 0.05) is 6.54 Å². The van der Waals surface area contributed by atoms with Gasteiger partial charge in [-0.25, -0.2) is 4.98 Å². The van der Waals surface area contributed by atoms with Gasteiger partial charge in [-0.15, -0.1) is 0 Å². The van der Waals surface area contributed by atoms with Crippen LogP contribution in [0.25, 0.3) is 0 Å². The number of rotatable bonds is 3. The van der Waals surface area contributed by atoms with Crippen molar-refractivity contribution in [1.29, 1.82) is 0 Å². The number of aliphatic carboxylic acids is 1. The van der Waals surface area contributed by atoms with Gasteiger partial charge in [-0.3, -0.25) is 9.59 Å². The minimum absolute atomic E-state index is 0.125. The molecule has 1 amide bonds. The lowest BCUT2D eigenvalue weighted by atomic mass is 10.1. The molecule has 7 heteroatoms. The predicted octanol–water partition coefficient (Wildman–Crippen LogP) is 1.16. The summed E-state index contributed by atoms with van der Waals surface area (Å²) in [5.74, 6) is -1.22. The number of hydrogen-bond acceptors (Lipinski definition) is 4. The number of aromatic nitrogens is 1. The van der Waals surface area contributed by atoms with Crippen LogP contribution in [-0.2, 0) is 9.53 Å². The Morgan fingerprint density at radius 3 is 3.00 bits per heavy atom. The summed E-state index contributed by atoms with van der Waals surface area (Å²) in [6, 6.07) is 4.61. The van der Waals surface area contributed by atoms with E-state index < -0.39 is 12.0 Å². The van der Waals surface area contributed by atoms with Crippen LogP contribution >= 0.6 is 15.9 Å². The van der Waals surface area contributed by atoms with E-state index in [-0.39, 0.29) is 18.9 Å². The molecule has 1 aromatic heterocycles. The number of morpholine rings is 1. The Balaban J connectivity index is 2.17. The van der Waals surface area contributed by atoms with E-state index in [1.165, 1.54) is 4.90 Å². The highest BCUT2D eigenvalue weighted by Gasteiger charge is 2.30. The fourth-order valence-electron chi connectivity index (χ4n) is 1.97. The van der Waals surface area contributed by atoms with Crippen molar-refractivity contribution in [2.75, 3.05) is 19.8 Å². The summed E-state index contributed by atoms with van der Waals surface area (Å²) in [7, 11) is 0. The number of nitrogens with zero attached hydrogens (tertiary/aromatic N) is 2. The monoisotopic (exact) mass is 328 g/mol. The molecule has 0 saturated carbocycles. The Morgan fingerprint density at radius 2 is 2.32 bits per heavy atom. The molecule has 1 aliphatic heterocycles. The number of carbonyl (C=O) groups is 2. The molecule has 0 spiro atoms. The fraction of sp³-hybridized carbons (Fsp3) is 0.417. The van der Waals surface area contributed by atoms with Gasteiger partial charge in [0.15, 0.2) is 0 Å². The van der Waals surface area contributed by atoms with Crippen LogP contribution in [0.1, 0.15) is 16.9 Å². The molecule has 0 aliphatic carbocycles. The number of pyridine rings is 1. The second kappa shape index (κ2) is 6.12. The Bertz CT molecular complexity index is 494. The minimum atomic E-state index is -0.949. The van der Waals surface area contributed by atoms with Crippen molar-refractivity contribution in [3.05, 3.63) is 28.5 Å². The van der Waals surface area contributed by atoms with E-state index >= 15 is 0 Å². The third-order valence-electron chi connectivity index (χ3n) is 2.83. The zero-order valence-electron chi connectivity index (χ0n) is 10.1. The van der Waals surface area contributed by atoms with Crippen molar-refractivity contribution in [3.8, 4) is 0 Å². The first-order chi connectivity index (χ1) is 9.08. The average Bonchev–Trinajstić information content (AvgIpc) is 2.38. The molecule has 19 heavy (non-hydrogen) atoms. The lowest BCUT2D eigenvalue weighted by Gasteiger charge is -2.34. The number of amides is 1. The molecule has 1 atom stereocenters. The van der Waals surface area contributed by atoms with Crippen LogP contribution in [0, 0.1) is 0 Å². The van der Waals surface area contributed by atoms with E-state index in [9.17, 15) is 9.59 Å². The third kappa shape index (κ3) is 3.51. The van der Waals surface area contributed by atoms with Crippen molar-refractivity contribution >= 4 is 27.8 Å². The van der Waals surface area contributed by atoms with Crippen molar-refractivity contribution in [3.63, 3.8) is 0 Å². The van der Waals surface area contributed by atoms with Crippen LogP contribution in [0.4, 0.5) is 0 Å². The summed E-state index contributed by atoms with van der Waals surface area (Å²) >= 11 is 3.21. The quantitative estimate of drug-likeness (QED) is 0.842. The average molecular weight is 329 g/mol. The first-order valence-electron chi connectivity index (χ1n) is 5.81. The highest BCUT2D eigenvalue weighted by Crippen LogP contribution is 2.15. The van der Waals surface area contributed by atoms with Gasteiger partial charge in [0.05, 0.1) is 25.7 Å². The highest BCUT2D eigenvalue weighted by atomic mass is 79.9. The maximum absolute atomic E-state index is 12.3. The lowest BCUT2D eigenvalue weighted by molar-refractivity contribution is -0.139. The van der Waals surface area contributed by atoms with E-state index in [1.807, 2.05) is 0 Å². The van der Waals surface area contributed by atoms with Crippen LogP contribution in [0.3, 0.4) is 0 Å². The van der Waals surface area contributed by atoms with Crippen molar-refractivity contribution in [2.24, 2.45) is 0 Å². The van der Waals surface area contributed by atoms with E-state index in [2.05, 4.69) is 20.9 Å². The summed E-state index contributed by atoms with van der Waals surface area (Å²) in [6.07, 6.45) is -0.125. The number of ether oxygens (including phenoxy) is 1. The van der Waals surface area contributed by atoms with Gasteiger partial charge < -0.3 is 14.7 Å². The molecule has 0 radical (unpaired) electrons. The molecular formula is C12H13BrN2O4. The molecule has 102 valence electrons. The summed E-state index contributed by atoms with van der Waals surface area (Å²) in [5, 5.41) is 8.86. The largest absolute Gasteiger partial charge is 0.481 e. The SMILES string of the molecule is O=C(O)CC1COCCN1C(=O)c1cccc(Br)n1. The van der Waals surface area contributed by atoms with Gasteiger partial charge >= 0.3 is 5.97 Å². The smallest absolute Gasteiger partial charge is 0.305 e. The number of hydrogen-bond donors (Lipinski definition) is 1. The maximum Gasteiger partial charge on any atom is 0.305 e. The number of carboxylic acid groups (broad SMARTS) is 1. The second-order valence-corrected chi connectivity index (χ2v) is 4.98. The van der Waals surface area contributed by atoms with Crippen LogP contribution in [0.2, 0.25) is 0 Å². The normalized spacial score (nSPS) is 19.2. The van der Waals surface area contributed by atoms with Crippen molar-refractivity contribution < 1.29 is 19.4 Å². The number of halogens is 1. The number of carboxylic acids is 1. The number of carbonyl (C=O) groups excluding carboxylic acids is 1. The standard InChI is InChI=1S/C12H13BrN2O4/c13-10-3-1-2-9(14-10)12(18)15-4-5-19-7-8(15)6-11(16)17/h1-3,8H,4-7H2,(H,16,17). The molecule has 2 heterocycles. The first-order valence-corrected chi connectivity index (χ1v) is 6.60. The van der Waals surface area contributed by atoms with Crippen LogP contribution in [-0.4, -0.2) is 52.7 Å². The van der Waals surface area contributed by atoms with Crippen molar-refractivity contribution in [2.45, 2.75) is 12.5 Å². The van der Waals surface area contributed by atoms with E-state index in [0.29, 0.717) is 23.4 Å². The molecule has 1 aromatic rings. The van der Waals surface area contributed by atoms with Crippen LogP contribution < -0.4 is 0 Å². The van der Waals surface area contributed by atoms with E-state index in [4.69, 9.17) is 9.84 Å². The summed E-state index contributed by atoms with van der Waals surface area (Å²) in [5.41, 5.74) is 0.298. The highest BCUT2D eigenvalue weighted by molar-refractivity contribution is 9.10. The molecule has 0 bridgehead atoms. The van der Waals surface area contributed by atoms with Gasteiger partial charge in [0.1, 0.15) is 10.3 Å². The Hall–Kier alpha value is -1.47. The molecule has 1 aliphatic rings. The van der Waals surface area contributed by atoms with Crippen LogP contribution in [0.15, 0.2) is 22.8 Å². The fourth-order valence-corrected chi connectivity index (χ4v) is 2.31. The minimum Gasteiger partial charge on any atom is -0.481 e. The first kappa shape index (κ1) is 14.0. The summed E-state index contributed by atoms with van der Waals surface area (Å²) in [6.45, 7) is 1.03. The Morgan fingerprint density at radius 1 is 1.53 bits per heavy atom. The van der Waals surface area contributed by atoms with E-state index in [0.717, 1.165) is 0 Å². The molecule has 2 rings (SSSR count). The van der Waals surface area contributed by atoms with E-state index in [1.54, 1.807) is 18.2 Å². The zero-order chi connectivity index (χ0) is 13.8. The topological polar surface area (TPSA) is 79.7 Å². The molecule has 0 aromatic carbocycles. The van der Waals surface area contributed by atoms with Gasteiger partial charge in [0.2, 0.25) is 0 Å². The van der Waals surface area contributed by atoms with Gasteiger partial charge in [-0.05, 0) is 28.1 Å². The molecule has 1 fully saturated rings. The molecule has 1 N–H and O–H groups in total. The maximum atomic E-state index is 12.3. The Labute approximate surface area is 118 Å². The third-order valence-corrected chi connectivity index (χ3v) is 3.27. The zero-order valence-corrected chi connectivity index (χ0v) is 11.7. The summed E-state index contributed by atoms with van der Waals surface area (Å²) in [4.78, 5) is 28.8. The van der Waals surface area contributed by atoms with Gasteiger partial charge in [-0.2, -0.15) is 0 Å². The molecule has 1 saturated heterocycles.